The second kappa shape index (κ2) is 4.61. The Balaban J connectivity index is 2.33. The number of rotatable bonds is 3. The van der Waals surface area contributed by atoms with Crippen LogP contribution >= 0.6 is 0 Å². The highest BCUT2D eigenvalue weighted by Gasteiger charge is 2.32. The van der Waals surface area contributed by atoms with Gasteiger partial charge in [0, 0.05) is 28.4 Å². The van der Waals surface area contributed by atoms with Gasteiger partial charge in [-0.15, -0.1) is 0 Å². The van der Waals surface area contributed by atoms with Crippen LogP contribution in [0.5, 0.6) is 0 Å². The van der Waals surface area contributed by atoms with Crippen LogP contribution in [-0.2, 0) is 0 Å². The minimum Gasteiger partial charge on any atom is -0.291 e. The summed E-state index contributed by atoms with van der Waals surface area (Å²) in [5.74, 6) is -0.546. The Morgan fingerprint density at radius 2 is 1.80 bits per heavy atom. The second-order valence-corrected chi connectivity index (χ2v) is 4.76. The van der Waals surface area contributed by atoms with E-state index in [0.717, 1.165) is 6.42 Å². The molecule has 5 nitrogen and oxygen atoms in total. The molecule has 2 aromatic carbocycles. The molecule has 2 aromatic rings. The molecular formula is C15H14N2O3. The van der Waals surface area contributed by atoms with E-state index in [4.69, 9.17) is 5.21 Å². The highest BCUT2D eigenvalue weighted by Crippen LogP contribution is 2.34. The summed E-state index contributed by atoms with van der Waals surface area (Å²) >= 11 is 0. The molecule has 0 fully saturated rings. The van der Waals surface area contributed by atoms with Gasteiger partial charge in [-0.3, -0.25) is 25.2 Å². The highest BCUT2D eigenvalue weighted by atomic mass is 16.5. The van der Waals surface area contributed by atoms with Gasteiger partial charge in [0.2, 0.25) is 0 Å². The highest BCUT2D eigenvalue weighted by molar-refractivity contribution is 6.26. The summed E-state index contributed by atoms with van der Waals surface area (Å²) in [6.07, 6.45) is 0.721. The first-order valence-corrected chi connectivity index (χ1v) is 6.51. The predicted molar refractivity (Wildman–Crippen MR) is 75.0 cm³/mol. The largest absolute Gasteiger partial charge is 0.291 e. The Morgan fingerprint density at radius 3 is 2.45 bits per heavy atom. The molecule has 0 saturated heterocycles. The van der Waals surface area contributed by atoms with Crippen LogP contribution in [0, 0.1) is 0 Å². The third-order valence-electron chi connectivity index (χ3n) is 3.56. The minimum atomic E-state index is -0.273. The summed E-state index contributed by atoms with van der Waals surface area (Å²) < 4.78 is 0. The normalized spacial score (nSPS) is 14.0. The van der Waals surface area contributed by atoms with E-state index < -0.39 is 0 Å². The van der Waals surface area contributed by atoms with Gasteiger partial charge in [0.1, 0.15) is 0 Å². The second-order valence-electron chi connectivity index (χ2n) is 4.76. The standard InChI is InChI=1S/C15H14N2O3/c1-2-8-17-14(18)10-5-3-4-9-12(16-20)7-6-11(13(9)10)15(17)19/h3-7,16,20H,2,8H2,1H3. The van der Waals surface area contributed by atoms with Crippen LogP contribution in [0.15, 0.2) is 30.3 Å². The molecule has 0 saturated carbocycles. The van der Waals surface area contributed by atoms with Gasteiger partial charge in [0.05, 0.1) is 5.69 Å². The quantitative estimate of drug-likeness (QED) is 0.664. The monoisotopic (exact) mass is 270 g/mol. The Kier molecular flexibility index (Phi) is 2.91. The molecule has 0 atom stereocenters. The molecule has 2 N–H and O–H groups in total. The van der Waals surface area contributed by atoms with Gasteiger partial charge in [0.15, 0.2) is 0 Å². The lowest BCUT2D eigenvalue weighted by atomic mass is 9.93. The zero-order valence-electron chi connectivity index (χ0n) is 11.0. The van der Waals surface area contributed by atoms with E-state index in [-0.39, 0.29) is 11.8 Å². The summed E-state index contributed by atoms with van der Waals surface area (Å²) in [7, 11) is 0. The summed E-state index contributed by atoms with van der Waals surface area (Å²) in [5.41, 5.74) is 3.59. The third-order valence-corrected chi connectivity index (χ3v) is 3.56. The molecule has 0 aliphatic carbocycles. The van der Waals surface area contributed by atoms with Crippen molar-refractivity contribution in [1.29, 1.82) is 0 Å². The number of carbonyl (C=O) groups is 2. The van der Waals surface area contributed by atoms with Crippen molar-refractivity contribution in [2.45, 2.75) is 13.3 Å². The Hall–Kier alpha value is -2.40. The summed E-state index contributed by atoms with van der Waals surface area (Å²) in [5, 5.41) is 10.4. The fourth-order valence-electron chi connectivity index (χ4n) is 2.67. The molecule has 5 heteroatoms. The number of anilines is 1. The lowest BCUT2D eigenvalue weighted by Gasteiger charge is -2.27. The van der Waals surface area contributed by atoms with Gasteiger partial charge in [-0.25, -0.2) is 0 Å². The maximum atomic E-state index is 12.4. The van der Waals surface area contributed by atoms with Crippen LogP contribution in [0.25, 0.3) is 10.8 Å². The number of nitrogens with one attached hydrogen (secondary N) is 1. The van der Waals surface area contributed by atoms with Gasteiger partial charge >= 0.3 is 0 Å². The summed E-state index contributed by atoms with van der Waals surface area (Å²) in [6, 6.07) is 8.52. The number of amides is 2. The van der Waals surface area contributed by atoms with E-state index in [9.17, 15) is 9.59 Å². The number of imide groups is 1. The SMILES string of the molecule is CCCN1C(=O)c2cccc3c(NO)ccc(c23)C1=O. The van der Waals surface area contributed by atoms with Crippen LogP contribution in [0.3, 0.4) is 0 Å². The number of benzene rings is 2. The first kappa shape index (κ1) is 12.6. The van der Waals surface area contributed by atoms with Crippen LogP contribution in [-0.4, -0.2) is 28.5 Å². The van der Waals surface area contributed by atoms with Crippen molar-refractivity contribution in [2.75, 3.05) is 12.0 Å². The average Bonchev–Trinajstić information content (AvgIpc) is 2.48. The van der Waals surface area contributed by atoms with Gasteiger partial charge in [-0.1, -0.05) is 19.1 Å². The molecule has 1 aliphatic heterocycles. The van der Waals surface area contributed by atoms with E-state index in [1.165, 1.54) is 4.90 Å². The topological polar surface area (TPSA) is 69.6 Å². The maximum absolute atomic E-state index is 12.4. The molecule has 1 heterocycles. The molecule has 0 unspecified atom stereocenters. The molecule has 3 rings (SSSR count). The molecule has 0 radical (unpaired) electrons. The zero-order valence-corrected chi connectivity index (χ0v) is 11.0. The lowest BCUT2D eigenvalue weighted by molar-refractivity contribution is 0.0610. The van der Waals surface area contributed by atoms with Crippen LogP contribution < -0.4 is 5.48 Å². The Bertz CT molecular complexity index is 702. The van der Waals surface area contributed by atoms with E-state index in [1.54, 1.807) is 30.3 Å². The predicted octanol–water partition coefficient (Wildman–Crippen LogP) is 2.65. The Labute approximate surface area is 115 Å². The van der Waals surface area contributed by atoms with Crippen molar-refractivity contribution in [3.8, 4) is 0 Å². The number of carbonyl (C=O) groups excluding carboxylic acids is 2. The molecule has 20 heavy (non-hydrogen) atoms. The fourth-order valence-corrected chi connectivity index (χ4v) is 2.67. The average molecular weight is 270 g/mol. The third kappa shape index (κ3) is 1.60. The van der Waals surface area contributed by atoms with Crippen molar-refractivity contribution < 1.29 is 14.8 Å². The van der Waals surface area contributed by atoms with Crippen LogP contribution in [0.1, 0.15) is 34.1 Å². The molecule has 2 amide bonds. The first-order valence-electron chi connectivity index (χ1n) is 6.51. The van der Waals surface area contributed by atoms with Crippen molar-refractivity contribution in [3.63, 3.8) is 0 Å². The number of hydrogen-bond donors (Lipinski definition) is 2. The summed E-state index contributed by atoms with van der Waals surface area (Å²) in [4.78, 5) is 26.1. The van der Waals surface area contributed by atoms with Crippen molar-refractivity contribution in [3.05, 3.63) is 41.5 Å². The lowest BCUT2D eigenvalue weighted by Crippen LogP contribution is -2.40. The first-order chi connectivity index (χ1) is 9.69. The van der Waals surface area contributed by atoms with Crippen molar-refractivity contribution >= 4 is 28.3 Å². The van der Waals surface area contributed by atoms with Crippen LogP contribution in [0.4, 0.5) is 5.69 Å². The van der Waals surface area contributed by atoms with Gasteiger partial charge in [-0.2, -0.15) is 0 Å². The van der Waals surface area contributed by atoms with Gasteiger partial charge < -0.3 is 0 Å². The van der Waals surface area contributed by atoms with E-state index in [0.29, 0.717) is 34.1 Å². The van der Waals surface area contributed by atoms with E-state index >= 15 is 0 Å². The van der Waals surface area contributed by atoms with E-state index in [1.807, 2.05) is 6.92 Å². The Morgan fingerprint density at radius 1 is 1.10 bits per heavy atom. The molecule has 0 aromatic heterocycles. The molecular weight excluding hydrogens is 256 g/mol. The van der Waals surface area contributed by atoms with Crippen LogP contribution in [0.2, 0.25) is 0 Å². The van der Waals surface area contributed by atoms with Gasteiger partial charge in [0.25, 0.3) is 11.8 Å². The van der Waals surface area contributed by atoms with Crippen molar-refractivity contribution in [1.82, 2.24) is 4.90 Å². The van der Waals surface area contributed by atoms with Gasteiger partial charge in [-0.05, 0) is 24.6 Å². The molecule has 0 spiro atoms. The zero-order chi connectivity index (χ0) is 14.3. The molecule has 1 aliphatic rings. The minimum absolute atomic E-state index is 0.273. The number of nitrogens with zero attached hydrogens (tertiary/aromatic N) is 1. The smallest absolute Gasteiger partial charge is 0.261 e. The summed E-state index contributed by atoms with van der Waals surface area (Å²) in [6.45, 7) is 2.34. The maximum Gasteiger partial charge on any atom is 0.261 e. The molecule has 102 valence electrons. The van der Waals surface area contributed by atoms with Crippen molar-refractivity contribution in [2.24, 2.45) is 0 Å². The fraction of sp³-hybridized carbons (Fsp3) is 0.200. The van der Waals surface area contributed by atoms with E-state index in [2.05, 4.69) is 5.48 Å². The number of hydrogen-bond acceptors (Lipinski definition) is 4. The molecule has 0 bridgehead atoms.